The molecule has 7 heteroatoms. The van der Waals surface area contributed by atoms with Crippen molar-refractivity contribution in [3.63, 3.8) is 0 Å². The number of ether oxygens (including phenoxy) is 1. The first-order valence-corrected chi connectivity index (χ1v) is 10.1. The Balaban J connectivity index is 1.61. The van der Waals surface area contributed by atoms with Crippen LogP contribution in [-0.4, -0.2) is 42.1 Å². The molecule has 2 aromatic carbocycles. The van der Waals surface area contributed by atoms with Gasteiger partial charge in [0.1, 0.15) is 11.6 Å². The molecule has 1 aliphatic rings. The lowest BCUT2D eigenvalue weighted by Crippen LogP contribution is -2.40. The number of hydrogen-bond acceptors (Lipinski definition) is 4. The molecule has 30 heavy (non-hydrogen) atoms. The highest BCUT2D eigenvalue weighted by molar-refractivity contribution is 6.33. The predicted molar refractivity (Wildman–Crippen MR) is 114 cm³/mol. The fraction of sp³-hybridized carbons (Fsp3) is 0.217. The van der Waals surface area contributed by atoms with E-state index in [9.17, 15) is 9.18 Å². The number of rotatable bonds is 5. The predicted octanol–water partition coefficient (Wildman–Crippen LogP) is 4.55. The van der Waals surface area contributed by atoms with Gasteiger partial charge in [-0.1, -0.05) is 54.1 Å². The van der Waals surface area contributed by atoms with E-state index in [1.54, 1.807) is 17.0 Å². The van der Waals surface area contributed by atoms with Crippen molar-refractivity contribution in [3.05, 3.63) is 94.4 Å². The first-order chi connectivity index (χ1) is 14.6. The highest BCUT2D eigenvalue weighted by Crippen LogP contribution is 2.30. The molecule has 5 nitrogen and oxygen atoms in total. The lowest BCUT2D eigenvalue weighted by Gasteiger charge is -2.27. The van der Waals surface area contributed by atoms with Crippen LogP contribution >= 0.6 is 11.6 Å². The smallest absolute Gasteiger partial charge is 0.255 e. The van der Waals surface area contributed by atoms with Crippen molar-refractivity contribution in [3.8, 4) is 0 Å². The number of pyridine rings is 1. The molecule has 3 aromatic rings. The van der Waals surface area contributed by atoms with Gasteiger partial charge >= 0.3 is 0 Å². The second-order valence-corrected chi connectivity index (χ2v) is 7.41. The summed E-state index contributed by atoms with van der Waals surface area (Å²) in [7, 11) is 0. The standard InChI is InChI=1S/C23H21ClFN3O2/c24-20-14-18(23(29)28-9-11-30-12-10-28)15-26-22(20)27-21(16-5-2-1-3-6-16)17-7-4-8-19(25)13-17/h1-8,13-15,21H,9-12H2,(H,26,27). The van der Waals surface area contributed by atoms with Gasteiger partial charge < -0.3 is 15.0 Å². The van der Waals surface area contributed by atoms with Crippen molar-refractivity contribution >= 4 is 23.3 Å². The van der Waals surface area contributed by atoms with Crippen LogP contribution in [0, 0.1) is 5.82 Å². The maximum Gasteiger partial charge on any atom is 0.255 e. The zero-order valence-electron chi connectivity index (χ0n) is 16.2. The molecular formula is C23H21ClFN3O2. The Bertz CT molecular complexity index is 1030. The van der Waals surface area contributed by atoms with E-state index in [4.69, 9.17) is 16.3 Å². The number of anilines is 1. The first kappa shape index (κ1) is 20.3. The molecule has 2 heterocycles. The topological polar surface area (TPSA) is 54.5 Å². The molecule has 4 rings (SSSR count). The quantitative estimate of drug-likeness (QED) is 0.651. The number of nitrogens with zero attached hydrogens (tertiary/aromatic N) is 2. The number of benzene rings is 2. The molecule has 154 valence electrons. The van der Waals surface area contributed by atoms with Gasteiger partial charge in [0.05, 0.1) is 29.8 Å². The maximum absolute atomic E-state index is 13.9. The molecule has 0 bridgehead atoms. The van der Waals surface area contributed by atoms with Crippen LogP contribution < -0.4 is 5.32 Å². The number of morpholine rings is 1. The van der Waals surface area contributed by atoms with E-state index in [0.29, 0.717) is 42.7 Å². The van der Waals surface area contributed by atoms with E-state index in [-0.39, 0.29) is 17.8 Å². The summed E-state index contributed by atoms with van der Waals surface area (Å²) in [5.74, 6) is -0.0157. The lowest BCUT2D eigenvalue weighted by atomic mass is 9.98. The second kappa shape index (κ2) is 9.24. The van der Waals surface area contributed by atoms with Gasteiger partial charge in [-0.3, -0.25) is 4.79 Å². The number of halogens is 2. The highest BCUT2D eigenvalue weighted by atomic mass is 35.5. The molecule has 0 radical (unpaired) electrons. The summed E-state index contributed by atoms with van der Waals surface area (Å²) in [4.78, 5) is 18.8. The van der Waals surface area contributed by atoms with Crippen molar-refractivity contribution in [2.24, 2.45) is 0 Å². The fourth-order valence-electron chi connectivity index (χ4n) is 3.44. The van der Waals surface area contributed by atoms with Crippen LogP contribution in [0.25, 0.3) is 0 Å². The largest absolute Gasteiger partial charge is 0.378 e. The summed E-state index contributed by atoms with van der Waals surface area (Å²) < 4.78 is 19.2. The molecule has 1 aromatic heterocycles. The van der Waals surface area contributed by atoms with Crippen LogP contribution in [0.1, 0.15) is 27.5 Å². The van der Waals surface area contributed by atoms with E-state index < -0.39 is 0 Å². The summed E-state index contributed by atoms with van der Waals surface area (Å²) in [6.45, 7) is 2.15. The maximum atomic E-state index is 13.9. The molecule has 0 aliphatic carbocycles. The van der Waals surface area contributed by atoms with E-state index in [1.165, 1.54) is 18.3 Å². The van der Waals surface area contributed by atoms with Gasteiger partial charge in [0.25, 0.3) is 5.91 Å². The Morgan fingerprint density at radius 1 is 1.07 bits per heavy atom. The molecule has 1 unspecified atom stereocenters. The monoisotopic (exact) mass is 425 g/mol. The SMILES string of the molecule is O=C(c1cnc(NC(c2ccccc2)c2cccc(F)c2)c(Cl)c1)N1CCOCC1. The minimum atomic E-state index is -0.354. The molecule has 1 atom stereocenters. The zero-order chi connectivity index (χ0) is 20.9. The molecular weight excluding hydrogens is 405 g/mol. The van der Waals surface area contributed by atoms with E-state index in [2.05, 4.69) is 10.3 Å². The summed E-state index contributed by atoms with van der Waals surface area (Å²) in [6.07, 6.45) is 1.51. The molecule has 1 N–H and O–H groups in total. The van der Waals surface area contributed by atoms with Gasteiger partial charge in [-0.25, -0.2) is 9.37 Å². The third-order valence-corrected chi connectivity index (χ3v) is 5.27. The summed E-state index contributed by atoms with van der Waals surface area (Å²) in [6, 6.07) is 17.3. The van der Waals surface area contributed by atoms with E-state index in [0.717, 1.165) is 11.1 Å². The van der Waals surface area contributed by atoms with Gasteiger partial charge in [-0.05, 0) is 29.3 Å². The third-order valence-electron chi connectivity index (χ3n) is 4.98. The van der Waals surface area contributed by atoms with Gasteiger partial charge in [0, 0.05) is 19.3 Å². The third kappa shape index (κ3) is 4.61. The second-order valence-electron chi connectivity index (χ2n) is 7.00. The van der Waals surface area contributed by atoms with E-state index in [1.807, 2.05) is 36.4 Å². The van der Waals surface area contributed by atoms with Crippen molar-refractivity contribution < 1.29 is 13.9 Å². The summed E-state index contributed by atoms with van der Waals surface area (Å²) in [5, 5.41) is 3.62. The zero-order valence-corrected chi connectivity index (χ0v) is 17.0. The van der Waals surface area contributed by atoms with E-state index >= 15 is 0 Å². The Morgan fingerprint density at radius 3 is 2.50 bits per heavy atom. The van der Waals surface area contributed by atoms with Crippen LogP contribution in [-0.2, 0) is 4.74 Å². The Hall–Kier alpha value is -2.96. The molecule has 0 saturated carbocycles. The highest BCUT2D eigenvalue weighted by Gasteiger charge is 2.21. The Morgan fingerprint density at radius 2 is 1.80 bits per heavy atom. The number of amides is 1. The summed E-state index contributed by atoms with van der Waals surface area (Å²) >= 11 is 6.47. The van der Waals surface area contributed by atoms with Gasteiger partial charge in [-0.2, -0.15) is 0 Å². The van der Waals surface area contributed by atoms with Crippen LogP contribution in [0.4, 0.5) is 10.2 Å². The van der Waals surface area contributed by atoms with Crippen molar-refractivity contribution in [2.75, 3.05) is 31.6 Å². The average Bonchev–Trinajstić information content (AvgIpc) is 2.79. The number of nitrogens with one attached hydrogen (secondary N) is 1. The van der Waals surface area contributed by atoms with Crippen molar-refractivity contribution in [1.82, 2.24) is 9.88 Å². The summed E-state index contributed by atoms with van der Waals surface area (Å²) in [5.41, 5.74) is 2.11. The van der Waals surface area contributed by atoms with Gasteiger partial charge in [0.15, 0.2) is 0 Å². The molecule has 0 spiro atoms. The Kier molecular flexibility index (Phi) is 6.26. The van der Waals surface area contributed by atoms with Crippen LogP contribution in [0.15, 0.2) is 66.9 Å². The van der Waals surface area contributed by atoms with Gasteiger partial charge in [-0.15, -0.1) is 0 Å². The number of carbonyl (C=O) groups excluding carboxylic acids is 1. The van der Waals surface area contributed by atoms with Gasteiger partial charge in [0.2, 0.25) is 0 Å². The van der Waals surface area contributed by atoms with Crippen LogP contribution in [0.5, 0.6) is 0 Å². The number of hydrogen-bond donors (Lipinski definition) is 1. The average molecular weight is 426 g/mol. The molecule has 1 aliphatic heterocycles. The number of aromatic nitrogens is 1. The first-order valence-electron chi connectivity index (χ1n) is 9.71. The molecule has 1 saturated heterocycles. The molecule has 1 fully saturated rings. The normalized spacial score (nSPS) is 14.9. The minimum absolute atomic E-state index is 0.121. The minimum Gasteiger partial charge on any atom is -0.378 e. The van der Waals surface area contributed by atoms with Crippen molar-refractivity contribution in [2.45, 2.75) is 6.04 Å². The van der Waals surface area contributed by atoms with Crippen molar-refractivity contribution in [1.29, 1.82) is 0 Å². The van der Waals surface area contributed by atoms with Crippen LogP contribution in [0.3, 0.4) is 0 Å². The number of carbonyl (C=O) groups is 1. The Labute approximate surface area is 179 Å². The molecule has 1 amide bonds. The van der Waals surface area contributed by atoms with Crippen LogP contribution in [0.2, 0.25) is 5.02 Å². The fourth-order valence-corrected chi connectivity index (χ4v) is 3.66. The lowest BCUT2D eigenvalue weighted by molar-refractivity contribution is 0.0302.